The molecule has 2 atom stereocenters. The first-order chi connectivity index (χ1) is 6.60. The maximum absolute atomic E-state index is 11.1. The van der Waals surface area contributed by atoms with E-state index in [0.29, 0.717) is 0 Å². The Bertz CT molecular complexity index is 296. The zero-order valence-electron chi connectivity index (χ0n) is 7.64. The van der Waals surface area contributed by atoms with Crippen molar-refractivity contribution in [1.29, 1.82) is 5.26 Å². The zero-order chi connectivity index (χ0) is 10.7. The first kappa shape index (κ1) is 10.3. The van der Waals surface area contributed by atoms with Crippen LogP contribution in [0.3, 0.4) is 0 Å². The second-order valence-electron chi connectivity index (χ2n) is 3.04. The molecule has 1 saturated heterocycles. The van der Waals surface area contributed by atoms with E-state index in [2.05, 4.69) is 4.74 Å². The second kappa shape index (κ2) is 3.96. The van der Waals surface area contributed by atoms with Gasteiger partial charge in [-0.1, -0.05) is 0 Å². The van der Waals surface area contributed by atoms with Crippen LogP contribution in [0.1, 0.15) is 6.42 Å². The molecule has 1 fully saturated rings. The number of ether oxygens (including phenoxy) is 1. The quantitative estimate of drug-likeness (QED) is 0.642. The fourth-order valence-electron chi connectivity index (χ4n) is 1.48. The Balaban J connectivity index is 2.78. The van der Waals surface area contributed by atoms with Gasteiger partial charge in [0, 0.05) is 6.54 Å². The lowest BCUT2D eigenvalue weighted by atomic mass is 10.1. The van der Waals surface area contributed by atoms with Crippen molar-refractivity contribution in [3.05, 3.63) is 0 Å². The number of rotatable bonds is 1. The Labute approximate surface area is 80.7 Å². The molecule has 1 N–H and O–H groups in total. The zero-order valence-corrected chi connectivity index (χ0v) is 7.64. The molecular formula is C8H10N2O4. The van der Waals surface area contributed by atoms with Gasteiger partial charge in [0.2, 0.25) is 0 Å². The van der Waals surface area contributed by atoms with Gasteiger partial charge in [-0.2, -0.15) is 5.26 Å². The number of amides is 1. The molecule has 1 aliphatic rings. The van der Waals surface area contributed by atoms with Gasteiger partial charge in [0.25, 0.3) is 0 Å². The molecule has 0 aromatic rings. The number of nitriles is 1. The molecule has 0 aromatic heterocycles. The topological polar surface area (TPSA) is 90.6 Å². The van der Waals surface area contributed by atoms with Crippen LogP contribution in [0.25, 0.3) is 0 Å². The normalized spacial score (nSPS) is 25.6. The Morgan fingerprint density at radius 3 is 2.71 bits per heavy atom. The van der Waals surface area contributed by atoms with Gasteiger partial charge in [0.1, 0.15) is 6.04 Å². The molecule has 0 saturated carbocycles. The van der Waals surface area contributed by atoms with Crippen LogP contribution in [0.15, 0.2) is 0 Å². The molecule has 1 aliphatic heterocycles. The van der Waals surface area contributed by atoms with E-state index in [9.17, 15) is 9.59 Å². The van der Waals surface area contributed by atoms with Crippen molar-refractivity contribution in [1.82, 2.24) is 4.90 Å². The van der Waals surface area contributed by atoms with Gasteiger partial charge in [-0.3, -0.25) is 4.90 Å². The largest absolute Gasteiger partial charge is 0.480 e. The summed E-state index contributed by atoms with van der Waals surface area (Å²) in [6.45, 7) is 0.125. The van der Waals surface area contributed by atoms with Crippen LogP contribution in [0.4, 0.5) is 4.79 Å². The van der Waals surface area contributed by atoms with Crippen LogP contribution in [0, 0.1) is 17.2 Å². The number of carbonyl (C=O) groups is 2. The van der Waals surface area contributed by atoms with Crippen LogP contribution in [0.5, 0.6) is 0 Å². The first-order valence-corrected chi connectivity index (χ1v) is 4.07. The fourth-order valence-corrected chi connectivity index (χ4v) is 1.48. The van der Waals surface area contributed by atoms with Gasteiger partial charge >= 0.3 is 12.1 Å². The minimum Gasteiger partial charge on any atom is -0.480 e. The van der Waals surface area contributed by atoms with Gasteiger partial charge in [-0.15, -0.1) is 0 Å². The number of likely N-dealkylation sites (tertiary alicyclic amines) is 1. The van der Waals surface area contributed by atoms with Crippen LogP contribution in [-0.2, 0) is 9.53 Å². The standard InChI is InChI=1S/C8H10N2O4/c1-14-8(13)10-4-5(3-9)2-6(10)7(11)12/h5-6H,2,4H2,1H3,(H,11,12). The van der Waals surface area contributed by atoms with E-state index in [4.69, 9.17) is 10.4 Å². The van der Waals surface area contributed by atoms with Gasteiger partial charge in [-0.25, -0.2) is 9.59 Å². The molecule has 0 aliphatic carbocycles. The van der Waals surface area contributed by atoms with Gasteiger partial charge < -0.3 is 9.84 Å². The highest BCUT2D eigenvalue weighted by Gasteiger charge is 2.40. The molecule has 0 bridgehead atoms. The van der Waals surface area contributed by atoms with E-state index >= 15 is 0 Å². The van der Waals surface area contributed by atoms with Gasteiger partial charge in [-0.05, 0) is 6.42 Å². The molecule has 1 amide bonds. The second-order valence-corrected chi connectivity index (χ2v) is 3.04. The summed E-state index contributed by atoms with van der Waals surface area (Å²) >= 11 is 0. The Hall–Kier alpha value is -1.77. The highest BCUT2D eigenvalue weighted by atomic mass is 16.5. The average molecular weight is 198 g/mol. The van der Waals surface area contributed by atoms with Crippen molar-refractivity contribution in [2.45, 2.75) is 12.5 Å². The molecule has 1 rings (SSSR count). The lowest BCUT2D eigenvalue weighted by molar-refractivity contribution is -0.141. The third-order valence-electron chi connectivity index (χ3n) is 2.18. The highest BCUT2D eigenvalue weighted by Crippen LogP contribution is 2.23. The van der Waals surface area contributed by atoms with Crippen molar-refractivity contribution in [3.63, 3.8) is 0 Å². The first-order valence-electron chi connectivity index (χ1n) is 4.07. The number of carboxylic acids is 1. The van der Waals surface area contributed by atoms with Crippen molar-refractivity contribution in [2.24, 2.45) is 5.92 Å². The molecule has 14 heavy (non-hydrogen) atoms. The maximum Gasteiger partial charge on any atom is 0.410 e. The van der Waals surface area contributed by atoms with Gasteiger partial charge in [0.15, 0.2) is 0 Å². The summed E-state index contributed by atoms with van der Waals surface area (Å²) in [5.41, 5.74) is 0. The maximum atomic E-state index is 11.1. The van der Waals surface area contributed by atoms with E-state index in [1.807, 2.05) is 6.07 Å². The number of hydrogen-bond donors (Lipinski definition) is 1. The molecule has 2 unspecified atom stereocenters. The third-order valence-corrected chi connectivity index (χ3v) is 2.18. The summed E-state index contributed by atoms with van der Waals surface area (Å²) in [7, 11) is 1.18. The van der Waals surface area contributed by atoms with Crippen molar-refractivity contribution < 1.29 is 19.4 Å². The SMILES string of the molecule is COC(=O)N1CC(C#N)CC1C(=O)O. The van der Waals surface area contributed by atoms with Crippen LogP contribution in [0.2, 0.25) is 0 Å². The van der Waals surface area contributed by atoms with Crippen LogP contribution >= 0.6 is 0 Å². The molecular weight excluding hydrogens is 188 g/mol. The van der Waals surface area contributed by atoms with E-state index in [1.165, 1.54) is 7.11 Å². The number of methoxy groups -OCH3 is 1. The predicted molar refractivity (Wildman–Crippen MR) is 44.3 cm³/mol. The van der Waals surface area contributed by atoms with Crippen LogP contribution in [-0.4, -0.2) is 41.8 Å². The summed E-state index contributed by atoms with van der Waals surface area (Å²) in [6.07, 6.45) is -0.531. The Kier molecular flexibility index (Phi) is 2.92. The van der Waals surface area contributed by atoms with Crippen LogP contribution < -0.4 is 0 Å². The van der Waals surface area contributed by atoms with E-state index in [-0.39, 0.29) is 13.0 Å². The van der Waals surface area contributed by atoms with E-state index in [0.717, 1.165) is 4.90 Å². The average Bonchev–Trinajstić information content (AvgIpc) is 2.60. The summed E-state index contributed by atoms with van der Waals surface area (Å²) in [5.74, 6) is -1.52. The van der Waals surface area contributed by atoms with Gasteiger partial charge in [0.05, 0.1) is 19.1 Å². The van der Waals surface area contributed by atoms with E-state index < -0.39 is 24.0 Å². The number of carboxylic acid groups (broad SMARTS) is 1. The number of hydrogen-bond acceptors (Lipinski definition) is 4. The number of nitrogens with zero attached hydrogens (tertiary/aromatic N) is 2. The highest BCUT2D eigenvalue weighted by molar-refractivity contribution is 5.80. The summed E-state index contributed by atoms with van der Waals surface area (Å²) in [6, 6.07) is 1.01. The monoisotopic (exact) mass is 198 g/mol. The Morgan fingerprint density at radius 2 is 2.29 bits per heavy atom. The smallest absolute Gasteiger partial charge is 0.410 e. The summed E-state index contributed by atoms with van der Waals surface area (Å²) in [4.78, 5) is 22.9. The number of aliphatic carboxylic acids is 1. The molecule has 0 spiro atoms. The Morgan fingerprint density at radius 1 is 1.64 bits per heavy atom. The lowest BCUT2D eigenvalue weighted by Gasteiger charge is -2.18. The summed E-state index contributed by atoms with van der Waals surface area (Å²) < 4.78 is 4.42. The molecule has 0 aromatic carbocycles. The molecule has 6 heteroatoms. The lowest BCUT2D eigenvalue weighted by Crippen LogP contribution is -2.40. The minimum atomic E-state index is -1.10. The van der Waals surface area contributed by atoms with Crippen molar-refractivity contribution in [2.75, 3.05) is 13.7 Å². The third kappa shape index (κ3) is 1.76. The summed E-state index contributed by atoms with van der Waals surface area (Å²) in [5, 5.41) is 17.4. The molecule has 76 valence electrons. The predicted octanol–water partition coefficient (Wildman–Crippen LogP) is 0.0515. The fraction of sp³-hybridized carbons (Fsp3) is 0.625. The number of carbonyl (C=O) groups excluding carboxylic acids is 1. The molecule has 0 radical (unpaired) electrons. The van der Waals surface area contributed by atoms with Crippen molar-refractivity contribution in [3.8, 4) is 6.07 Å². The minimum absolute atomic E-state index is 0.125. The van der Waals surface area contributed by atoms with E-state index in [1.54, 1.807) is 0 Å². The molecule has 6 nitrogen and oxygen atoms in total. The molecule has 1 heterocycles. The van der Waals surface area contributed by atoms with Crippen molar-refractivity contribution >= 4 is 12.1 Å².